The Morgan fingerprint density at radius 2 is 2.33 bits per heavy atom. The zero-order chi connectivity index (χ0) is 7.02. The third kappa shape index (κ3) is 0.810. The van der Waals surface area contributed by atoms with E-state index in [9.17, 15) is 0 Å². The molecule has 9 heavy (non-hydrogen) atoms. The van der Waals surface area contributed by atoms with Crippen molar-refractivity contribution in [3.05, 3.63) is 11.8 Å². The van der Waals surface area contributed by atoms with Crippen LogP contribution < -0.4 is 5.62 Å². The van der Waals surface area contributed by atoms with Gasteiger partial charge in [0.2, 0.25) is 11.5 Å². The molecule has 0 aromatic carbocycles. The number of aryl methyl sites for hydroxylation is 1. The Labute approximate surface area is 56.5 Å². The van der Waals surface area contributed by atoms with E-state index in [1.807, 2.05) is 0 Å². The number of aromatic nitrogens is 2. The molecular formula is C4H6ClN3O. The van der Waals surface area contributed by atoms with E-state index in [0.717, 1.165) is 4.09 Å². The highest BCUT2D eigenvalue weighted by Crippen LogP contribution is 2.04. The fourth-order valence-electron chi connectivity index (χ4n) is 0.532. The quantitative estimate of drug-likeness (QED) is 0.534. The number of aromatic hydroxyl groups is 1. The van der Waals surface area contributed by atoms with Crippen molar-refractivity contribution in [2.75, 3.05) is 0 Å². The molecular weight excluding hydrogens is 142 g/mol. The molecule has 0 saturated heterocycles. The maximum atomic E-state index is 8.81. The summed E-state index contributed by atoms with van der Waals surface area (Å²) in [7, 11) is 1.63. The molecule has 0 atom stereocenters. The molecule has 1 rings (SSSR count). The van der Waals surface area contributed by atoms with E-state index in [4.69, 9.17) is 22.3 Å². The molecule has 2 N–H and O–H groups in total. The van der Waals surface area contributed by atoms with Crippen molar-refractivity contribution < 1.29 is 5.11 Å². The average Bonchev–Trinajstić information content (AvgIpc) is 1.98. The van der Waals surface area contributed by atoms with Crippen LogP contribution >= 0.6 is 11.8 Å². The second-order valence-corrected chi connectivity index (χ2v) is 2.04. The highest BCUT2D eigenvalue weighted by atomic mass is 35.5. The van der Waals surface area contributed by atoms with Gasteiger partial charge in [0.25, 0.3) is 0 Å². The largest absolute Gasteiger partial charge is 0.493 e. The maximum absolute atomic E-state index is 8.81. The number of nitrogens with one attached hydrogen (secondary N) is 1. The minimum absolute atomic E-state index is 0.0502. The zero-order valence-corrected chi connectivity index (χ0v) is 5.55. The standard InChI is InChI=1S/C4H6ClN3O/c1-7-2-3(9)8(5)4(7)6/h2,6,9H,1H3. The first-order valence-electron chi connectivity index (χ1n) is 2.31. The van der Waals surface area contributed by atoms with Gasteiger partial charge in [0, 0.05) is 18.8 Å². The lowest BCUT2D eigenvalue weighted by Gasteiger charge is -1.84. The van der Waals surface area contributed by atoms with Gasteiger partial charge >= 0.3 is 0 Å². The van der Waals surface area contributed by atoms with Gasteiger partial charge in [-0.25, -0.2) is 0 Å². The lowest BCUT2D eigenvalue weighted by molar-refractivity contribution is 0.447. The summed E-state index contributed by atoms with van der Waals surface area (Å²) >= 11 is 5.36. The second kappa shape index (κ2) is 1.80. The van der Waals surface area contributed by atoms with Crippen LogP contribution in [-0.2, 0) is 7.05 Å². The van der Waals surface area contributed by atoms with Crippen molar-refractivity contribution in [1.82, 2.24) is 8.65 Å². The summed E-state index contributed by atoms with van der Waals surface area (Å²) in [5.41, 5.74) is 0.0502. The molecule has 0 aliphatic heterocycles. The van der Waals surface area contributed by atoms with Crippen LogP contribution in [-0.4, -0.2) is 13.8 Å². The minimum Gasteiger partial charge on any atom is -0.493 e. The van der Waals surface area contributed by atoms with E-state index >= 15 is 0 Å². The third-order valence-corrected chi connectivity index (χ3v) is 1.36. The van der Waals surface area contributed by atoms with Crippen molar-refractivity contribution in [1.29, 1.82) is 5.41 Å². The first-order valence-corrected chi connectivity index (χ1v) is 2.65. The Bertz CT molecular complexity index is 274. The van der Waals surface area contributed by atoms with Crippen LogP contribution in [0.25, 0.3) is 0 Å². The molecule has 0 saturated carbocycles. The topological polar surface area (TPSA) is 53.9 Å². The summed E-state index contributed by atoms with van der Waals surface area (Å²) in [4.78, 5) is 0. The molecule has 4 nitrogen and oxygen atoms in total. The molecule has 5 heteroatoms. The Morgan fingerprint density at radius 1 is 1.78 bits per heavy atom. The molecule has 0 bridgehead atoms. The fourth-order valence-corrected chi connectivity index (χ4v) is 0.695. The van der Waals surface area contributed by atoms with Gasteiger partial charge in [-0.3, -0.25) is 5.41 Å². The predicted octanol–water partition coefficient (Wildman–Crippen LogP) is 0.0136. The van der Waals surface area contributed by atoms with Gasteiger partial charge in [-0.05, 0) is 0 Å². The number of rotatable bonds is 0. The molecule has 0 aliphatic rings. The molecule has 0 spiro atoms. The highest BCUT2D eigenvalue weighted by molar-refractivity contribution is 6.15. The van der Waals surface area contributed by atoms with Crippen LogP contribution in [0, 0.1) is 5.41 Å². The monoisotopic (exact) mass is 147 g/mol. The minimum atomic E-state index is -0.121. The van der Waals surface area contributed by atoms with Crippen molar-refractivity contribution in [2.24, 2.45) is 7.05 Å². The molecule has 1 aromatic heterocycles. The summed E-state index contributed by atoms with van der Waals surface area (Å²) in [5, 5.41) is 15.9. The molecule has 0 radical (unpaired) electrons. The van der Waals surface area contributed by atoms with Crippen molar-refractivity contribution >= 4 is 11.8 Å². The van der Waals surface area contributed by atoms with Crippen LogP contribution in [0.4, 0.5) is 0 Å². The van der Waals surface area contributed by atoms with Crippen LogP contribution in [0.3, 0.4) is 0 Å². The lowest BCUT2D eigenvalue weighted by atomic mass is 10.8. The number of nitrogens with zero attached hydrogens (tertiary/aromatic N) is 2. The summed E-state index contributed by atoms with van der Waals surface area (Å²) in [6, 6.07) is 0. The molecule has 1 heterocycles. The van der Waals surface area contributed by atoms with E-state index in [2.05, 4.69) is 0 Å². The fraction of sp³-hybridized carbons (Fsp3) is 0.250. The number of hydrogen-bond donors (Lipinski definition) is 2. The zero-order valence-electron chi connectivity index (χ0n) is 4.80. The molecule has 0 aliphatic carbocycles. The molecule has 0 amide bonds. The first-order chi connectivity index (χ1) is 4.13. The predicted molar refractivity (Wildman–Crippen MR) is 32.2 cm³/mol. The van der Waals surface area contributed by atoms with Gasteiger partial charge in [0.1, 0.15) is 0 Å². The van der Waals surface area contributed by atoms with Crippen molar-refractivity contribution in [3.8, 4) is 5.88 Å². The number of halogens is 1. The summed E-state index contributed by atoms with van der Waals surface area (Å²) < 4.78 is 2.27. The van der Waals surface area contributed by atoms with Crippen LogP contribution in [0.5, 0.6) is 5.88 Å². The van der Waals surface area contributed by atoms with Crippen molar-refractivity contribution in [3.63, 3.8) is 0 Å². The summed E-state index contributed by atoms with van der Waals surface area (Å²) in [5.74, 6) is -0.121. The van der Waals surface area contributed by atoms with Gasteiger partial charge in [-0.1, -0.05) is 0 Å². The van der Waals surface area contributed by atoms with Crippen LogP contribution in [0.1, 0.15) is 0 Å². The van der Waals surface area contributed by atoms with E-state index in [1.165, 1.54) is 10.8 Å². The third-order valence-electron chi connectivity index (χ3n) is 1.03. The highest BCUT2D eigenvalue weighted by Gasteiger charge is 1.99. The van der Waals surface area contributed by atoms with Crippen LogP contribution in [0.15, 0.2) is 6.20 Å². The molecule has 0 fully saturated rings. The smallest absolute Gasteiger partial charge is 0.226 e. The Balaban J connectivity index is 3.48. The second-order valence-electron chi connectivity index (χ2n) is 1.70. The Morgan fingerprint density at radius 3 is 2.44 bits per heavy atom. The van der Waals surface area contributed by atoms with E-state index in [1.54, 1.807) is 7.05 Å². The molecule has 1 aromatic rings. The Hall–Kier alpha value is -0.900. The van der Waals surface area contributed by atoms with E-state index in [-0.39, 0.29) is 11.5 Å². The summed E-state index contributed by atoms with van der Waals surface area (Å²) in [6.45, 7) is 0. The van der Waals surface area contributed by atoms with Gasteiger partial charge in [0.15, 0.2) is 0 Å². The maximum Gasteiger partial charge on any atom is 0.226 e. The van der Waals surface area contributed by atoms with Gasteiger partial charge in [-0.2, -0.15) is 4.09 Å². The van der Waals surface area contributed by atoms with Crippen LogP contribution in [0.2, 0.25) is 0 Å². The van der Waals surface area contributed by atoms with Gasteiger partial charge in [-0.15, -0.1) is 0 Å². The summed E-state index contributed by atoms with van der Waals surface area (Å²) in [6.07, 6.45) is 1.36. The average molecular weight is 148 g/mol. The lowest BCUT2D eigenvalue weighted by Crippen LogP contribution is -2.16. The number of imidazole rings is 1. The number of hydrogen-bond acceptors (Lipinski definition) is 2. The molecule has 50 valence electrons. The van der Waals surface area contributed by atoms with Gasteiger partial charge in [0.05, 0.1) is 6.20 Å². The normalized spacial score (nSPS) is 10.0. The first kappa shape index (κ1) is 6.22. The van der Waals surface area contributed by atoms with E-state index < -0.39 is 0 Å². The Kier molecular flexibility index (Phi) is 1.25. The van der Waals surface area contributed by atoms with Crippen molar-refractivity contribution in [2.45, 2.75) is 0 Å². The SMILES string of the molecule is Cn1cc(O)n(Cl)c1=N. The van der Waals surface area contributed by atoms with Gasteiger partial charge < -0.3 is 9.67 Å². The van der Waals surface area contributed by atoms with E-state index in [0.29, 0.717) is 0 Å². The molecule has 0 unspecified atom stereocenters.